The predicted octanol–water partition coefficient (Wildman–Crippen LogP) is -0.352. The molecule has 1 aliphatic carbocycles. The van der Waals surface area contributed by atoms with Gasteiger partial charge in [0.05, 0.1) is 19.1 Å². The van der Waals surface area contributed by atoms with Gasteiger partial charge in [-0.1, -0.05) is 0 Å². The van der Waals surface area contributed by atoms with Gasteiger partial charge in [-0.25, -0.2) is 0 Å². The number of rotatable bonds is 3. The summed E-state index contributed by atoms with van der Waals surface area (Å²) >= 11 is 0. The maximum absolute atomic E-state index is 10.9. The van der Waals surface area contributed by atoms with Crippen molar-refractivity contribution in [1.29, 1.82) is 0 Å². The first kappa shape index (κ1) is 9.48. The molecule has 12 heavy (non-hydrogen) atoms. The third-order valence-corrected chi connectivity index (χ3v) is 2.27. The molecule has 0 radical (unpaired) electrons. The summed E-state index contributed by atoms with van der Waals surface area (Å²) in [5, 5.41) is 9.21. The number of ether oxygens (including phenoxy) is 1. The Balaban J connectivity index is 2.26. The molecule has 0 aromatic heterocycles. The fraction of sp³-hybridized carbons (Fsp3) is 0.875. The highest BCUT2D eigenvalue weighted by atomic mass is 16.5. The second kappa shape index (κ2) is 3.87. The highest BCUT2D eigenvalue weighted by Gasteiger charge is 2.38. The van der Waals surface area contributed by atoms with E-state index < -0.39 is 6.10 Å². The van der Waals surface area contributed by atoms with E-state index in [2.05, 4.69) is 0 Å². The van der Waals surface area contributed by atoms with E-state index in [1.807, 2.05) is 0 Å². The molecule has 1 saturated carbocycles. The Morgan fingerprint density at radius 1 is 1.75 bits per heavy atom. The number of carbonyl (C=O) groups is 1. The van der Waals surface area contributed by atoms with Crippen LogP contribution in [0.2, 0.25) is 0 Å². The topological polar surface area (TPSA) is 72.5 Å². The Morgan fingerprint density at radius 3 is 2.83 bits per heavy atom. The zero-order valence-corrected chi connectivity index (χ0v) is 7.19. The second-order valence-corrected chi connectivity index (χ2v) is 3.14. The van der Waals surface area contributed by atoms with E-state index in [1.54, 1.807) is 6.92 Å². The maximum atomic E-state index is 10.9. The lowest BCUT2D eigenvalue weighted by Crippen LogP contribution is -2.51. The monoisotopic (exact) mass is 173 g/mol. The van der Waals surface area contributed by atoms with Crippen molar-refractivity contribution in [2.75, 3.05) is 6.61 Å². The number of aliphatic hydroxyl groups is 1. The maximum Gasteiger partial charge on any atom is 0.306 e. The molecule has 0 bridgehead atoms. The lowest BCUT2D eigenvalue weighted by atomic mass is 9.75. The molecule has 70 valence electrons. The SMILES string of the molecule is CCOC(=O)C[C@H]1[C@H](O)C[C@@H]1N. The number of esters is 1. The van der Waals surface area contributed by atoms with Crippen molar-refractivity contribution in [2.45, 2.75) is 31.9 Å². The fourth-order valence-electron chi connectivity index (χ4n) is 1.42. The highest BCUT2D eigenvalue weighted by Crippen LogP contribution is 2.29. The first-order valence-electron chi connectivity index (χ1n) is 4.24. The van der Waals surface area contributed by atoms with Crippen LogP contribution in [0.4, 0.5) is 0 Å². The quantitative estimate of drug-likeness (QED) is 0.572. The zero-order chi connectivity index (χ0) is 9.14. The Labute approximate surface area is 71.7 Å². The van der Waals surface area contributed by atoms with Gasteiger partial charge in [0.25, 0.3) is 0 Å². The third-order valence-electron chi connectivity index (χ3n) is 2.27. The molecule has 0 heterocycles. The molecule has 0 amide bonds. The molecule has 1 fully saturated rings. The van der Waals surface area contributed by atoms with Crippen LogP contribution in [0.1, 0.15) is 19.8 Å². The van der Waals surface area contributed by atoms with Crippen molar-refractivity contribution >= 4 is 5.97 Å². The van der Waals surface area contributed by atoms with E-state index in [1.165, 1.54) is 0 Å². The van der Waals surface area contributed by atoms with Crippen molar-refractivity contribution in [3.63, 3.8) is 0 Å². The van der Waals surface area contributed by atoms with E-state index in [0.717, 1.165) is 0 Å². The fourth-order valence-corrected chi connectivity index (χ4v) is 1.42. The molecule has 0 saturated heterocycles. The highest BCUT2D eigenvalue weighted by molar-refractivity contribution is 5.70. The van der Waals surface area contributed by atoms with Crippen LogP contribution in [0, 0.1) is 5.92 Å². The summed E-state index contributed by atoms with van der Waals surface area (Å²) in [6, 6.07) is -0.0376. The number of nitrogens with two attached hydrogens (primary N) is 1. The molecule has 0 aromatic carbocycles. The number of carbonyl (C=O) groups excluding carboxylic acids is 1. The summed E-state index contributed by atoms with van der Waals surface area (Å²) in [4.78, 5) is 10.9. The minimum absolute atomic E-state index is 0.0376. The Morgan fingerprint density at radius 2 is 2.42 bits per heavy atom. The van der Waals surface area contributed by atoms with Crippen LogP contribution < -0.4 is 5.73 Å². The lowest BCUT2D eigenvalue weighted by Gasteiger charge is -2.38. The van der Waals surface area contributed by atoms with Gasteiger partial charge in [-0.2, -0.15) is 0 Å². The van der Waals surface area contributed by atoms with Crippen molar-refractivity contribution < 1.29 is 14.6 Å². The molecule has 4 nitrogen and oxygen atoms in total. The van der Waals surface area contributed by atoms with Crippen molar-refractivity contribution in [2.24, 2.45) is 11.7 Å². The Kier molecular flexibility index (Phi) is 3.05. The van der Waals surface area contributed by atoms with Crippen molar-refractivity contribution in [1.82, 2.24) is 0 Å². The van der Waals surface area contributed by atoms with Crippen molar-refractivity contribution in [3.8, 4) is 0 Å². The summed E-state index contributed by atoms with van der Waals surface area (Å²) in [6.07, 6.45) is 0.435. The molecule has 0 aliphatic heterocycles. The molecule has 3 N–H and O–H groups in total. The average molecular weight is 173 g/mol. The van der Waals surface area contributed by atoms with Gasteiger partial charge in [-0.15, -0.1) is 0 Å². The van der Waals surface area contributed by atoms with Crippen LogP contribution in [-0.2, 0) is 9.53 Å². The van der Waals surface area contributed by atoms with Crippen LogP contribution in [0.3, 0.4) is 0 Å². The molecular weight excluding hydrogens is 158 g/mol. The van der Waals surface area contributed by atoms with Crippen LogP contribution in [-0.4, -0.2) is 29.8 Å². The van der Waals surface area contributed by atoms with Gasteiger partial charge in [-0.05, 0) is 13.3 Å². The molecule has 3 atom stereocenters. The molecule has 1 aliphatic rings. The van der Waals surface area contributed by atoms with E-state index in [9.17, 15) is 9.90 Å². The van der Waals surface area contributed by atoms with E-state index in [0.29, 0.717) is 13.0 Å². The average Bonchev–Trinajstić information content (AvgIpc) is 2.02. The third kappa shape index (κ3) is 1.95. The summed E-state index contributed by atoms with van der Waals surface area (Å²) in [6.45, 7) is 2.14. The Hall–Kier alpha value is -0.610. The molecule has 0 aromatic rings. The number of aliphatic hydroxyl groups excluding tert-OH is 1. The lowest BCUT2D eigenvalue weighted by molar-refractivity contribution is -0.147. The van der Waals surface area contributed by atoms with Gasteiger partial charge in [0.2, 0.25) is 0 Å². The minimum atomic E-state index is -0.413. The normalized spacial score (nSPS) is 34.1. The standard InChI is InChI=1S/C8H15NO3/c1-2-12-8(11)3-5-6(9)4-7(5)10/h5-7,10H,2-4,9H2,1H3/t5-,6+,7-/m1/s1. The number of hydrogen-bond acceptors (Lipinski definition) is 4. The van der Waals surface area contributed by atoms with Crippen LogP contribution >= 0.6 is 0 Å². The van der Waals surface area contributed by atoms with Crippen molar-refractivity contribution in [3.05, 3.63) is 0 Å². The van der Waals surface area contributed by atoms with Crippen LogP contribution in [0.5, 0.6) is 0 Å². The molecule has 1 rings (SSSR count). The first-order chi connectivity index (χ1) is 5.65. The van der Waals surface area contributed by atoms with Gasteiger partial charge in [0.15, 0.2) is 0 Å². The largest absolute Gasteiger partial charge is 0.466 e. The molecular formula is C8H15NO3. The summed E-state index contributed by atoms with van der Waals surface area (Å²) < 4.78 is 4.74. The van der Waals surface area contributed by atoms with Gasteiger partial charge in [0.1, 0.15) is 0 Å². The molecule has 0 spiro atoms. The second-order valence-electron chi connectivity index (χ2n) is 3.14. The molecule has 0 unspecified atom stereocenters. The Bertz CT molecular complexity index is 164. The minimum Gasteiger partial charge on any atom is -0.466 e. The smallest absolute Gasteiger partial charge is 0.306 e. The van der Waals surface area contributed by atoms with E-state index >= 15 is 0 Å². The van der Waals surface area contributed by atoms with Gasteiger partial charge >= 0.3 is 5.97 Å². The predicted molar refractivity (Wildman–Crippen MR) is 43.3 cm³/mol. The van der Waals surface area contributed by atoms with Gasteiger partial charge in [0, 0.05) is 12.0 Å². The zero-order valence-electron chi connectivity index (χ0n) is 7.19. The van der Waals surface area contributed by atoms with E-state index in [-0.39, 0.29) is 24.3 Å². The number of hydrogen-bond donors (Lipinski definition) is 2. The van der Waals surface area contributed by atoms with Gasteiger partial charge in [-0.3, -0.25) is 4.79 Å². The van der Waals surface area contributed by atoms with E-state index in [4.69, 9.17) is 10.5 Å². The van der Waals surface area contributed by atoms with Crippen LogP contribution in [0.25, 0.3) is 0 Å². The summed E-state index contributed by atoms with van der Waals surface area (Å²) in [5.41, 5.74) is 5.59. The summed E-state index contributed by atoms with van der Waals surface area (Å²) in [5.74, 6) is -0.360. The van der Waals surface area contributed by atoms with Crippen LogP contribution in [0.15, 0.2) is 0 Å². The molecule has 4 heteroatoms. The first-order valence-corrected chi connectivity index (χ1v) is 4.24. The summed E-state index contributed by atoms with van der Waals surface area (Å²) in [7, 11) is 0. The van der Waals surface area contributed by atoms with Gasteiger partial charge < -0.3 is 15.6 Å².